The number of hydrogen-bond acceptors (Lipinski definition) is 1. The summed E-state index contributed by atoms with van der Waals surface area (Å²) in [5, 5.41) is 5.10. The van der Waals surface area contributed by atoms with E-state index < -0.39 is 0 Å². The Kier molecular flexibility index (Phi) is 2.41. The van der Waals surface area contributed by atoms with Gasteiger partial charge in [0.1, 0.15) is 0 Å². The fourth-order valence-electron chi connectivity index (χ4n) is 2.35. The summed E-state index contributed by atoms with van der Waals surface area (Å²) in [5.41, 5.74) is 1.17. The predicted molar refractivity (Wildman–Crippen MR) is 78.8 cm³/mol. The highest BCUT2D eigenvalue weighted by molar-refractivity contribution is 7.80. The quantitative estimate of drug-likeness (QED) is 0.334. The van der Waals surface area contributed by atoms with E-state index in [2.05, 4.69) is 54.6 Å². The molecule has 0 saturated carbocycles. The van der Waals surface area contributed by atoms with Gasteiger partial charge in [-0.2, -0.15) is 0 Å². The largest absolute Gasteiger partial charge is 0.0846 e. The molecule has 82 valence electrons. The second-order valence-corrected chi connectivity index (χ2v) is 4.86. The Morgan fingerprint density at radius 3 is 2.35 bits per heavy atom. The average molecular weight is 236 g/mol. The summed E-state index contributed by atoms with van der Waals surface area (Å²) in [6.07, 6.45) is 0. The second-order valence-electron chi connectivity index (χ2n) is 4.24. The molecule has 3 rings (SSSR count). The Bertz CT molecular complexity index is 726. The van der Waals surface area contributed by atoms with Gasteiger partial charge in [-0.3, -0.25) is 0 Å². The van der Waals surface area contributed by atoms with Crippen LogP contribution in [0.25, 0.3) is 21.5 Å². The second kappa shape index (κ2) is 3.94. The van der Waals surface area contributed by atoms with E-state index in [4.69, 9.17) is 12.2 Å². The maximum Gasteiger partial charge on any atom is 0.0199 e. The third kappa shape index (κ3) is 1.63. The highest BCUT2D eigenvalue weighted by Crippen LogP contribution is 2.27. The normalized spacial score (nSPS) is 10.9. The van der Waals surface area contributed by atoms with Gasteiger partial charge < -0.3 is 0 Å². The Labute approximate surface area is 106 Å². The molecule has 0 heterocycles. The molecule has 3 aromatic rings. The standard InChI is InChI=1S/C16H12S/c1-11(17)13-7-4-8-15-14-6-3-2-5-12(14)9-10-16(13)15/h2-10H,1H3. The molecule has 0 aliphatic rings. The first-order valence-electron chi connectivity index (χ1n) is 5.69. The smallest absolute Gasteiger partial charge is 0.0199 e. The summed E-state index contributed by atoms with van der Waals surface area (Å²) in [6, 6.07) is 19.1. The fourth-order valence-corrected chi connectivity index (χ4v) is 2.53. The first-order valence-corrected chi connectivity index (χ1v) is 6.09. The lowest BCUT2D eigenvalue weighted by molar-refractivity contribution is 1.72. The van der Waals surface area contributed by atoms with Crippen molar-refractivity contribution in [2.24, 2.45) is 0 Å². The molecule has 0 saturated heterocycles. The van der Waals surface area contributed by atoms with Crippen molar-refractivity contribution in [3.8, 4) is 0 Å². The lowest BCUT2D eigenvalue weighted by Crippen LogP contribution is -1.91. The molecule has 0 atom stereocenters. The Hall–Kier alpha value is -1.73. The van der Waals surface area contributed by atoms with Crippen LogP contribution in [0.5, 0.6) is 0 Å². The molecule has 0 fully saturated rings. The van der Waals surface area contributed by atoms with Crippen LogP contribution < -0.4 is 0 Å². The lowest BCUT2D eigenvalue weighted by Gasteiger charge is -2.07. The van der Waals surface area contributed by atoms with Gasteiger partial charge >= 0.3 is 0 Å². The van der Waals surface area contributed by atoms with Crippen molar-refractivity contribution < 1.29 is 0 Å². The Morgan fingerprint density at radius 2 is 1.53 bits per heavy atom. The van der Waals surface area contributed by atoms with Crippen molar-refractivity contribution in [1.82, 2.24) is 0 Å². The number of thiocarbonyl (C=S) groups is 1. The first-order chi connectivity index (χ1) is 8.27. The van der Waals surface area contributed by atoms with Crippen LogP contribution in [0.3, 0.4) is 0 Å². The molecule has 0 radical (unpaired) electrons. The number of fused-ring (bicyclic) bond motifs is 3. The topological polar surface area (TPSA) is 0 Å². The predicted octanol–water partition coefficient (Wildman–Crippen LogP) is 4.73. The van der Waals surface area contributed by atoms with Crippen LogP contribution in [0.1, 0.15) is 12.5 Å². The van der Waals surface area contributed by atoms with Gasteiger partial charge in [-0.05, 0) is 34.0 Å². The van der Waals surface area contributed by atoms with Gasteiger partial charge in [0, 0.05) is 4.86 Å². The van der Waals surface area contributed by atoms with Crippen LogP contribution in [0, 0.1) is 0 Å². The summed E-state index contributed by atoms with van der Waals surface area (Å²) < 4.78 is 0. The van der Waals surface area contributed by atoms with E-state index in [1.165, 1.54) is 27.1 Å². The van der Waals surface area contributed by atoms with E-state index in [-0.39, 0.29) is 0 Å². The highest BCUT2D eigenvalue weighted by atomic mass is 32.1. The van der Waals surface area contributed by atoms with Crippen LogP contribution in [0.2, 0.25) is 0 Å². The molecular weight excluding hydrogens is 224 g/mol. The molecule has 0 bridgehead atoms. The maximum atomic E-state index is 5.31. The van der Waals surface area contributed by atoms with Gasteiger partial charge in [0.25, 0.3) is 0 Å². The van der Waals surface area contributed by atoms with Gasteiger partial charge in [0.2, 0.25) is 0 Å². The van der Waals surface area contributed by atoms with Crippen molar-refractivity contribution in [2.75, 3.05) is 0 Å². The van der Waals surface area contributed by atoms with Crippen molar-refractivity contribution >= 4 is 38.6 Å². The molecular formula is C16H12S. The number of benzene rings is 3. The SMILES string of the molecule is CC(=S)c1cccc2c1ccc1ccccc12. The molecule has 0 aliphatic heterocycles. The molecule has 0 aliphatic carbocycles. The van der Waals surface area contributed by atoms with E-state index >= 15 is 0 Å². The third-order valence-electron chi connectivity index (χ3n) is 3.17. The Balaban J connectivity index is 2.52. The maximum absolute atomic E-state index is 5.31. The van der Waals surface area contributed by atoms with E-state index in [1.54, 1.807) is 0 Å². The van der Waals surface area contributed by atoms with Crippen LogP contribution in [0.4, 0.5) is 0 Å². The number of hydrogen-bond donors (Lipinski definition) is 0. The van der Waals surface area contributed by atoms with Gasteiger partial charge in [0.05, 0.1) is 0 Å². The van der Waals surface area contributed by atoms with Crippen molar-refractivity contribution in [2.45, 2.75) is 6.92 Å². The molecule has 3 aromatic carbocycles. The van der Waals surface area contributed by atoms with Crippen LogP contribution in [0.15, 0.2) is 54.6 Å². The van der Waals surface area contributed by atoms with Crippen LogP contribution >= 0.6 is 12.2 Å². The summed E-state index contributed by atoms with van der Waals surface area (Å²) in [7, 11) is 0. The summed E-state index contributed by atoms with van der Waals surface area (Å²) in [4.78, 5) is 0.950. The Morgan fingerprint density at radius 1 is 0.765 bits per heavy atom. The molecule has 17 heavy (non-hydrogen) atoms. The van der Waals surface area contributed by atoms with Gasteiger partial charge in [-0.25, -0.2) is 0 Å². The van der Waals surface area contributed by atoms with Crippen molar-refractivity contribution in [3.63, 3.8) is 0 Å². The van der Waals surface area contributed by atoms with Crippen molar-refractivity contribution in [3.05, 3.63) is 60.2 Å². The van der Waals surface area contributed by atoms with Crippen LogP contribution in [-0.4, -0.2) is 4.86 Å². The highest BCUT2D eigenvalue weighted by Gasteiger charge is 2.04. The number of rotatable bonds is 1. The van der Waals surface area contributed by atoms with Crippen molar-refractivity contribution in [1.29, 1.82) is 0 Å². The van der Waals surface area contributed by atoms with E-state index in [9.17, 15) is 0 Å². The molecule has 0 aromatic heterocycles. The fraction of sp³-hybridized carbons (Fsp3) is 0.0625. The summed E-state index contributed by atoms with van der Waals surface area (Å²) in [5.74, 6) is 0. The minimum Gasteiger partial charge on any atom is -0.0846 e. The summed E-state index contributed by atoms with van der Waals surface area (Å²) in [6.45, 7) is 1.99. The minimum atomic E-state index is 0.950. The third-order valence-corrected chi connectivity index (χ3v) is 3.39. The van der Waals surface area contributed by atoms with Gasteiger partial charge in [0.15, 0.2) is 0 Å². The van der Waals surface area contributed by atoms with E-state index in [0.29, 0.717) is 0 Å². The zero-order chi connectivity index (χ0) is 11.8. The average Bonchev–Trinajstić information content (AvgIpc) is 2.37. The molecule has 0 N–H and O–H groups in total. The zero-order valence-electron chi connectivity index (χ0n) is 9.60. The molecule has 0 unspecified atom stereocenters. The molecule has 0 nitrogen and oxygen atoms in total. The molecule has 0 spiro atoms. The monoisotopic (exact) mass is 236 g/mol. The lowest BCUT2D eigenvalue weighted by atomic mass is 9.97. The minimum absolute atomic E-state index is 0.950. The molecule has 0 amide bonds. The summed E-state index contributed by atoms with van der Waals surface area (Å²) >= 11 is 5.31. The van der Waals surface area contributed by atoms with Gasteiger partial charge in [-0.1, -0.05) is 66.8 Å². The van der Waals surface area contributed by atoms with E-state index in [1.807, 2.05) is 6.92 Å². The van der Waals surface area contributed by atoms with Crippen LogP contribution in [-0.2, 0) is 0 Å². The van der Waals surface area contributed by atoms with Gasteiger partial charge in [-0.15, -0.1) is 0 Å². The first kappa shape index (κ1) is 10.4. The van der Waals surface area contributed by atoms with E-state index in [0.717, 1.165) is 4.86 Å². The molecule has 1 heteroatoms. The zero-order valence-corrected chi connectivity index (χ0v) is 10.4.